The normalized spacial score (nSPS) is 13.2. The molecule has 0 aliphatic heterocycles. The van der Waals surface area contributed by atoms with Crippen LogP contribution in [0.3, 0.4) is 0 Å². The van der Waals surface area contributed by atoms with Crippen molar-refractivity contribution in [1.29, 1.82) is 0 Å². The third-order valence-corrected chi connectivity index (χ3v) is 9.22. The van der Waals surface area contributed by atoms with E-state index in [2.05, 4.69) is 5.32 Å². The summed E-state index contributed by atoms with van der Waals surface area (Å²) in [6, 6.07) is 18.8. The Morgan fingerprint density at radius 1 is 1.02 bits per heavy atom. The topological polar surface area (TPSA) is 146 Å². The van der Waals surface area contributed by atoms with Gasteiger partial charge in [-0.05, 0) is 66.8 Å². The molecule has 0 spiro atoms. The van der Waals surface area contributed by atoms with Crippen LogP contribution in [-0.4, -0.2) is 61.2 Å². The van der Waals surface area contributed by atoms with Crippen molar-refractivity contribution in [2.45, 2.75) is 50.7 Å². The molecular weight excluding hydrogens is 584 g/mol. The van der Waals surface area contributed by atoms with Crippen molar-refractivity contribution in [2.24, 2.45) is 5.92 Å². The molecule has 1 aromatic heterocycles. The molecule has 0 unspecified atom stereocenters. The Hall–Kier alpha value is -4.19. The van der Waals surface area contributed by atoms with Gasteiger partial charge in [0.15, 0.2) is 0 Å². The van der Waals surface area contributed by atoms with E-state index in [0.29, 0.717) is 16.7 Å². The van der Waals surface area contributed by atoms with Gasteiger partial charge in [0, 0.05) is 24.5 Å². The number of fused-ring (bicyclic) bond motifs is 1. The van der Waals surface area contributed by atoms with Crippen molar-refractivity contribution in [3.05, 3.63) is 99.9 Å². The first-order valence-corrected chi connectivity index (χ1v) is 15.7. The highest BCUT2D eigenvalue weighted by atomic mass is 32.2. The smallest absolute Gasteiger partial charge is 0.340 e. The minimum Gasteiger partial charge on any atom is -0.508 e. The van der Waals surface area contributed by atoms with Crippen LogP contribution < -0.4 is 15.7 Å². The second-order valence-electron chi connectivity index (χ2n) is 11.2. The Labute approximate surface area is 257 Å². The van der Waals surface area contributed by atoms with Gasteiger partial charge >= 0.3 is 5.63 Å². The molecular formula is C33H38N2O8S. The third-order valence-electron chi connectivity index (χ3n) is 7.37. The number of hydrogen-bond donors (Lipinski definition) is 3. The monoisotopic (exact) mass is 622 g/mol. The largest absolute Gasteiger partial charge is 0.508 e. The van der Waals surface area contributed by atoms with Gasteiger partial charge in [-0.1, -0.05) is 44.2 Å². The van der Waals surface area contributed by atoms with Gasteiger partial charge in [-0.3, -0.25) is 4.79 Å². The Balaban J connectivity index is 1.60. The van der Waals surface area contributed by atoms with Crippen molar-refractivity contribution in [3.63, 3.8) is 0 Å². The van der Waals surface area contributed by atoms with E-state index in [0.717, 1.165) is 5.56 Å². The number of aryl methyl sites for hydroxylation is 1. The average Bonchev–Trinajstić information content (AvgIpc) is 2.98. The van der Waals surface area contributed by atoms with Crippen LogP contribution in [0.5, 0.6) is 11.5 Å². The Kier molecular flexibility index (Phi) is 10.5. The van der Waals surface area contributed by atoms with Crippen LogP contribution in [0, 0.1) is 12.8 Å². The fourth-order valence-corrected chi connectivity index (χ4v) is 6.69. The van der Waals surface area contributed by atoms with Crippen LogP contribution in [0.1, 0.15) is 30.5 Å². The van der Waals surface area contributed by atoms with Crippen molar-refractivity contribution in [3.8, 4) is 11.5 Å². The highest BCUT2D eigenvalue weighted by molar-refractivity contribution is 7.89. The van der Waals surface area contributed by atoms with Gasteiger partial charge in [0.25, 0.3) is 0 Å². The number of phenolic OH excluding ortho intramolecular Hbond substituents is 1. The molecule has 2 atom stereocenters. The lowest BCUT2D eigenvalue weighted by Crippen LogP contribution is -2.51. The Morgan fingerprint density at radius 3 is 2.34 bits per heavy atom. The molecule has 0 radical (unpaired) electrons. The van der Waals surface area contributed by atoms with E-state index in [1.165, 1.54) is 35.7 Å². The maximum absolute atomic E-state index is 13.7. The molecule has 0 aliphatic rings. The molecule has 4 aromatic rings. The number of phenols is 1. The van der Waals surface area contributed by atoms with E-state index in [4.69, 9.17) is 9.15 Å². The number of ether oxygens (including phenoxy) is 1. The molecule has 3 N–H and O–H groups in total. The quantitative estimate of drug-likeness (QED) is 0.191. The predicted molar refractivity (Wildman–Crippen MR) is 167 cm³/mol. The summed E-state index contributed by atoms with van der Waals surface area (Å²) >= 11 is 0. The summed E-state index contributed by atoms with van der Waals surface area (Å²) in [4.78, 5) is 26.2. The van der Waals surface area contributed by atoms with Crippen molar-refractivity contribution in [1.82, 2.24) is 9.62 Å². The molecule has 0 fully saturated rings. The van der Waals surface area contributed by atoms with Gasteiger partial charge in [-0.25, -0.2) is 13.2 Å². The number of hydrogen-bond acceptors (Lipinski definition) is 8. The molecule has 0 bridgehead atoms. The number of benzene rings is 3. The van der Waals surface area contributed by atoms with Gasteiger partial charge < -0.3 is 24.7 Å². The molecule has 1 heterocycles. The number of carbonyl (C=O) groups excluding carboxylic acids is 1. The lowest BCUT2D eigenvalue weighted by Gasteiger charge is -2.31. The molecule has 1 amide bonds. The zero-order chi connectivity index (χ0) is 32.0. The minimum atomic E-state index is -4.00. The summed E-state index contributed by atoms with van der Waals surface area (Å²) in [6.07, 6.45) is -1.39. The minimum absolute atomic E-state index is 0.0468. The second kappa shape index (κ2) is 14.1. The number of rotatable bonds is 13. The average molecular weight is 623 g/mol. The molecule has 10 nitrogen and oxygen atoms in total. The van der Waals surface area contributed by atoms with Crippen LogP contribution in [0.25, 0.3) is 11.0 Å². The van der Waals surface area contributed by atoms with Crippen molar-refractivity contribution in [2.75, 3.05) is 20.2 Å². The van der Waals surface area contributed by atoms with Gasteiger partial charge in [0.1, 0.15) is 17.1 Å². The predicted octanol–water partition coefficient (Wildman–Crippen LogP) is 3.79. The number of amides is 1. The van der Waals surface area contributed by atoms with Gasteiger partial charge in [0.05, 0.1) is 36.1 Å². The zero-order valence-corrected chi connectivity index (χ0v) is 26.0. The third kappa shape index (κ3) is 7.85. The number of sulfonamides is 1. The molecule has 234 valence electrons. The maximum atomic E-state index is 13.7. The SMILES string of the molecule is COc1ccc(S(=O)(=O)N(CC(C)C)C[C@@H](O)[C@H](Cc2ccccc2)NC(=O)Cc2c(C)c3ccc(O)cc3oc2=O)cc1. The summed E-state index contributed by atoms with van der Waals surface area (Å²) < 4.78 is 39.1. The zero-order valence-electron chi connectivity index (χ0n) is 25.2. The summed E-state index contributed by atoms with van der Waals surface area (Å²) in [5.41, 5.74) is 1.02. The number of nitrogens with one attached hydrogen (secondary N) is 1. The number of nitrogens with zero attached hydrogens (tertiary/aromatic N) is 1. The maximum Gasteiger partial charge on any atom is 0.340 e. The molecule has 3 aromatic carbocycles. The molecule has 0 aliphatic carbocycles. The summed E-state index contributed by atoms with van der Waals surface area (Å²) in [6.45, 7) is 5.33. The number of aliphatic hydroxyl groups excluding tert-OH is 1. The second-order valence-corrected chi connectivity index (χ2v) is 13.1. The lowest BCUT2D eigenvalue weighted by atomic mass is 9.99. The number of aliphatic hydroxyl groups is 1. The number of carbonyl (C=O) groups is 1. The van der Waals surface area contributed by atoms with E-state index in [1.807, 2.05) is 44.2 Å². The summed E-state index contributed by atoms with van der Waals surface area (Å²) in [5.74, 6) is -0.121. The highest BCUT2D eigenvalue weighted by Gasteiger charge is 2.31. The molecule has 44 heavy (non-hydrogen) atoms. The first-order chi connectivity index (χ1) is 20.9. The van der Waals surface area contributed by atoms with E-state index >= 15 is 0 Å². The standard InChI is InChI=1S/C33H38N2O8S/c1-21(2)19-35(44(40,41)26-13-11-25(42-4)12-14-26)20-30(37)29(16-23-8-6-5-7-9-23)34-32(38)18-28-22(3)27-15-10-24(36)17-31(27)43-33(28)39/h5-15,17,21,29-30,36-37H,16,18-20H2,1-4H3,(H,34,38)/t29-,30+/m0/s1. The van der Waals surface area contributed by atoms with Crippen LogP contribution in [-0.2, 0) is 27.7 Å². The van der Waals surface area contributed by atoms with E-state index in [9.17, 15) is 28.2 Å². The van der Waals surface area contributed by atoms with Crippen molar-refractivity contribution >= 4 is 26.9 Å². The van der Waals surface area contributed by atoms with Gasteiger partial charge in [0.2, 0.25) is 15.9 Å². The van der Waals surface area contributed by atoms with Crippen molar-refractivity contribution < 1.29 is 32.6 Å². The summed E-state index contributed by atoms with van der Waals surface area (Å²) in [7, 11) is -2.51. The summed E-state index contributed by atoms with van der Waals surface area (Å²) in [5, 5.41) is 24.7. The molecule has 4 rings (SSSR count). The Morgan fingerprint density at radius 2 is 1.70 bits per heavy atom. The molecule has 0 saturated carbocycles. The van der Waals surface area contributed by atoms with E-state index in [1.54, 1.807) is 25.1 Å². The van der Waals surface area contributed by atoms with Crippen LogP contribution in [0.4, 0.5) is 0 Å². The molecule has 11 heteroatoms. The fourth-order valence-electron chi connectivity index (χ4n) is 5.07. The van der Waals surface area contributed by atoms with Gasteiger partial charge in [-0.2, -0.15) is 4.31 Å². The first kappa shape index (κ1) is 32.7. The first-order valence-electron chi connectivity index (χ1n) is 14.3. The number of methoxy groups -OCH3 is 1. The van der Waals surface area contributed by atoms with E-state index < -0.39 is 33.7 Å². The lowest BCUT2D eigenvalue weighted by molar-refractivity contribution is -0.122. The van der Waals surface area contributed by atoms with Crippen LogP contribution in [0.15, 0.2) is 86.9 Å². The highest BCUT2D eigenvalue weighted by Crippen LogP contribution is 2.24. The Bertz CT molecular complexity index is 1750. The van der Waals surface area contributed by atoms with Crippen LogP contribution in [0.2, 0.25) is 0 Å². The molecule has 0 saturated heterocycles. The van der Waals surface area contributed by atoms with Gasteiger partial charge in [-0.15, -0.1) is 0 Å². The van der Waals surface area contributed by atoms with E-state index in [-0.39, 0.29) is 53.6 Å². The fraction of sp³-hybridized carbons (Fsp3) is 0.333. The van der Waals surface area contributed by atoms with Crippen LogP contribution >= 0.6 is 0 Å². The number of aromatic hydroxyl groups is 1.